The van der Waals surface area contributed by atoms with E-state index in [9.17, 15) is 4.79 Å². The van der Waals surface area contributed by atoms with Gasteiger partial charge in [0.2, 0.25) is 0 Å². The highest BCUT2D eigenvalue weighted by atomic mass is 16.2. The molecule has 0 unspecified atom stereocenters. The summed E-state index contributed by atoms with van der Waals surface area (Å²) >= 11 is 0. The van der Waals surface area contributed by atoms with Gasteiger partial charge in [0.1, 0.15) is 0 Å². The molecule has 4 nitrogen and oxygen atoms in total. The van der Waals surface area contributed by atoms with Crippen LogP contribution in [0.1, 0.15) is 22.8 Å². The van der Waals surface area contributed by atoms with Gasteiger partial charge in [-0.3, -0.25) is 4.79 Å². The molecule has 1 saturated heterocycles. The summed E-state index contributed by atoms with van der Waals surface area (Å²) in [6.45, 7) is 6.39. The molecule has 0 atom stereocenters. The minimum atomic E-state index is 0.129. The van der Waals surface area contributed by atoms with Gasteiger partial charge >= 0.3 is 0 Å². The van der Waals surface area contributed by atoms with Gasteiger partial charge in [-0.15, -0.1) is 0 Å². The van der Waals surface area contributed by atoms with Crippen molar-refractivity contribution in [2.75, 3.05) is 45.1 Å². The average molecular weight is 349 g/mol. The lowest BCUT2D eigenvalue weighted by molar-refractivity contribution is 0.0664. The number of rotatable bonds is 5. The van der Waals surface area contributed by atoms with E-state index in [-0.39, 0.29) is 5.91 Å². The lowest BCUT2D eigenvalue weighted by Gasteiger charge is -2.32. The Morgan fingerprint density at radius 3 is 2.31 bits per heavy atom. The molecule has 1 amide bonds. The van der Waals surface area contributed by atoms with Crippen LogP contribution in [0.2, 0.25) is 0 Å². The zero-order valence-corrected chi connectivity index (χ0v) is 15.6. The van der Waals surface area contributed by atoms with E-state index >= 15 is 0 Å². The second kappa shape index (κ2) is 8.68. The number of nitrogens with zero attached hydrogens (tertiary/aromatic N) is 2. The fourth-order valence-corrected chi connectivity index (χ4v) is 3.05. The van der Waals surface area contributed by atoms with Crippen molar-refractivity contribution in [3.8, 4) is 0 Å². The van der Waals surface area contributed by atoms with Crippen molar-refractivity contribution in [2.24, 2.45) is 0 Å². The van der Waals surface area contributed by atoms with Crippen LogP contribution in [0.25, 0.3) is 6.08 Å². The third-order valence-corrected chi connectivity index (χ3v) is 4.71. The normalized spacial score (nSPS) is 15.8. The number of nitrogens with one attached hydrogen (secondary N) is 1. The Labute approximate surface area is 156 Å². The van der Waals surface area contributed by atoms with Gasteiger partial charge in [-0.25, -0.2) is 0 Å². The first-order valence-electron chi connectivity index (χ1n) is 9.16. The maximum absolute atomic E-state index is 12.6. The summed E-state index contributed by atoms with van der Waals surface area (Å²) in [6.07, 6.45) is 2.18. The van der Waals surface area contributed by atoms with Crippen molar-refractivity contribution < 1.29 is 4.79 Å². The number of hydrogen-bond donors (Lipinski definition) is 1. The van der Waals surface area contributed by atoms with E-state index < -0.39 is 0 Å². The number of carbonyl (C=O) groups is 1. The van der Waals surface area contributed by atoms with Crippen molar-refractivity contribution in [2.45, 2.75) is 6.92 Å². The highest BCUT2D eigenvalue weighted by Crippen LogP contribution is 2.14. The van der Waals surface area contributed by atoms with Gasteiger partial charge in [0, 0.05) is 44.0 Å². The number of amides is 1. The molecule has 26 heavy (non-hydrogen) atoms. The molecule has 3 rings (SSSR count). The second-order valence-electron chi connectivity index (χ2n) is 6.93. The van der Waals surface area contributed by atoms with Gasteiger partial charge in [-0.1, -0.05) is 42.0 Å². The number of piperazine rings is 1. The second-order valence-corrected chi connectivity index (χ2v) is 6.93. The standard InChI is InChI=1S/C22H27N3O/c1-18(16-19-6-4-3-5-7-19)17-23-21-10-8-20(9-11-21)22(26)25-14-12-24(2)13-15-25/h3-11,16,23H,12-15,17H2,1-2H3. The topological polar surface area (TPSA) is 35.6 Å². The van der Waals surface area contributed by atoms with Crippen LogP contribution in [0.4, 0.5) is 5.69 Å². The van der Waals surface area contributed by atoms with Crippen LogP contribution < -0.4 is 5.32 Å². The van der Waals surface area contributed by atoms with E-state index in [0.29, 0.717) is 0 Å². The van der Waals surface area contributed by atoms with Crippen LogP contribution in [0.3, 0.4) is 0 Å². The molecule has 2 aromatic carbocycles. The average Bonchev–Trinajstić information content (AvgIpc) is 2.68. The Hall–Kier alpha value is -2.59. The molecule has 0 aliphatic carbocycles. The van der Waals surface area contributed by atoms with Crippen molar-refractivity contribution in [3.63, 3.8) is 0 Å². The van der Waals surface area contributed by atoms with Crippen molar-refractivity contribution >= 4 is 17.7 Å². The molecule has 0 radical (unpaired) electrons. The highest BCUT2D eigenvalue weighted by molar-refractivity contribution is 5.94. The molecular formula is C22H27N3O. The largest absolute Gasteiger partial charge is 0.381 e. The van der Waals surface area contributed by atoms with E-state index in [1.54, 1.807) is 0 Å². The van der Waals surface area contributed by atoms with Gasteiger partial charge in [0.15, 0.2) is 0 Å². The van der Waals surface area contributed by atoms with E-state index in [1.807, 2.05) is 47.4 Å². The number of carbonyl (C=O) groups excluding carboxylic acids is 1. The van der Waals surface area contributed by atoms with Crippen LogP contribution in [-0.4, -0.2) is 55.5 Å². The maximum Gasteiger partial charge on any atom is 0.253 e. The van der Waals surface area contributed by atoms with E-state index in [1.165, 1.54) is 11.1 Å². The minimum absolute atomic E-state index is 0.129. The van der Waals surface area contributed by atoms with Crippen LogP contribution in [0, 0.1) is 0 Å². The molecule has 1 aliphatic heterocycles. The highest BCUT2D eigenvalue weighted by Gasteiger charge is 2.20. The molecule has 1 heterocycles. The van der Waals surface area contributed by atoms with Gasteiger partial charge < -0.3 is 15.1 Å². The summed E-state index contributed by atoms with van der Waals surface area (Å²) in [7, 11) is 2.09. The predicted octanol–water partition coefficient (Wildman–Crippen LogP) is 3.59. The summed E-state index contributed by atoms with van der Waals surface area (Å²) in [4.78, 5) is 16.8. The number of hydrogen-bond acceptors (Lipinski definition) is 3. The third kappa shape index (κ3) is 4.96. The van der Waals surface area contributed by atoms with Crippen LogP contribution in [0.15, 0.2) is 60.2 Å². The molecule has 2 aromatic rings. The summed E-state index contributed by atoms with van der Waals surface area (Å²) in [5.74, 6) is 0.129. The zero-order chi connectivity index (χ0) is 18.4. The summed E-state index contributed by atoms with van der Waals surface area (Å²) in [5.41, 5.74) is 4.26. The molecule has 1 fully saturated rings. The summed E-state index contributed by atoms with van der Waals surface area (Å²) in [5, 5.41) is 3.42. The lowest BCUT2D eigenvalue weighted by Crippen LogP contribution is -2.47. The smallest absolute Gasteiger partial charge is 0.253 e. The fraction of sp³-hybridized carbons (Fsp3) is 0.318. The summed E-state index contributed by atoms with van der Waals surface area (Å²) < 4.78 is 0. The van der Waals surface area contributed by atoms with Gasteiger partial charge in [-0.05, 0) is 43.8 Å². The minimum Gasteiger partial charge on any atom is -0.381 e. The van der Waals surface area contributed by atoms with Crippen molar-refractivity contribution in [1.82, 2.24) is 9.80 Å². The number of benzene rings is 2. The SMILES string of the molecule is CC(=Cc1ccccc1)CNc1ccc(C(=O)N2CCN(C)CC2)cc1. The van der Waals surface area contributed by atoms with E-state index in [4.69, 9.17) is 0 Å². The Balaban J connectivity index is 1.54. The number of anilines is 1. The first kappa shape index (κ1) is 18.2. The predicted molar refractivity (Wildman–Crippen MR) is 108 cm³/mol. The molecule has 136 valence electrons. The van der Waals surface area contributed by atoms with Gasteiger partial charge in [-0.2, -0.15) is 0 Å². The molecule has 4 heteroatoms. The van der Waals surface area contributed by atoms with E-state index in [2.05, 4.69) is 42.4 Å². The van der Waals surface area contributed by atoms with Crippen molar-refractivity contribution in [1.29, 1.82) is 0 Å². The van der Waals surface area contributed by atoms with Crippen LogP contribution in [-0.2, 0) is 0 Å². The van der Waals surface area contributed by atoms with Crippen molar-refractivity contribution in [3.05, 3.63) is 71.3 Å². The van der Waals surface area contributed by atoms with E-state index in [0.717, 1.165) is 44.0 Å². The van der Waals surface area contributed by atoms with Crippen LogP contribution in [0.5, 0.6) is 0 Å². The first-order valence-corrected chi connectivity index (χ1v) is 9.16. The molecule has 0 saturated carbocycles. The number of likely N-dealkylation sites (N-methyl/N-ethyl adjacent to an activating group) is 1. The molecule has 1 aliphatic rings. The molecule has 0 bridgehead atoms. The quantitative estimate of drug-likeness (QED) is 0.896. The first-order chi connectivity index (χ1) is 12.6. The Morgan fingerprint density at radius 2 is 1.65 bits per heavy atom. The Bertz CT molecular complexity index is 745. The van der Waals surface area contributed by atoms with Crippen LogP contribution >= 0.6 is 0 Å². The Kier molecular flexibility index (Phi) is 6.08. The molecule has 0 aromatic heterocycles. The molecular weight excluding hydrogens is 322 g/mol. The Morgan fingerprint density at radius 1 is 1.00 bits per heavy atom. The molecule has 1 N–H and O–H groups in total. The van der Waals surface area contributed by atoms with Gasteiger partial charge in [0.25, 0.3) is 5.91 Å². The zero-order valence-electron chi connectivity index (χ0n) is 15.6. The fourth-order valence-electron chi connectivity index (χ4n) is 3.05. The maximum atomic E-state index is 12.6. The lowest BCUT2D eigenvalue weighted by atomic mass is 10.1. The third-order valence-electron chi connectivity index (χ3n) is 4.71. The van der Waals surface area contributed by atoms with Gasteiger partial charge in [0.05, 0.1) is 0 Å². The monoisotopic (exact) mass is 349 g/mol. The summed E-state index contributed by atoms with van der Waals surface area (Å²) in [6, 6.07) is 18.1. The molecule has 0 spiro atoms.